The summed E-state index contributed by atoms with van der Waals surface area (Å²) in [5, 5.41) is 16.5. The van der Waals surface area contributed by atoms with Gasteiger partial charge in [-0.2, -0.15) is 9.78 Å². The number of rotatable bonds is 7. The van der Waals surface area contributed by atoms with E-state index in [0.29, 0.717) is 22.3 Å². The lowest BCUT2D eigenvalue weighted by Gasteiger charge is -2.22. The lowest BCUT2D eigenvalue weighted by Crippen LogP contribution is -2.25. The highest BCUT2D eigenvalue weighted by Gasteiger charge is 2.23. The summed E-state index contributed by atoms with van der Waals surface area (Å²) in [6.45, 7) is -0.480. The van der Waals surface area contributed by atoms with Gasteiger partial charge in [0.1, 0.15) is 5.82 Å². The van der Waals surface area contributed by atoms with E-state index in [1.54, 1.807) is 18.2 Å². The number of carbonyl (C=O) groups excluding carboxylic acids is 1. The molecule has 10 nitrogen and oxygen atoms in total. The quantitative estimate of drug-likeness (QED) is 0.185. The van der Waals surface area contributed by atoms with E-state index in [1.807, 2.05) is 12.1 Å². The van der Waals surface area contributed by atoms with Crippen LogP contribution in [0.5, 0.6) is 5.75 Å². The summed E-state index contributed by atoms with van der Waals surface area (Å²) in [6.07, 6.45) is 6.49. The largest absolute Gasteiger partial charge is 0.474 e. The fraction of sp³-hybridized carbons (Fsp3) is 0.333. The van der Waals surface area contributed by atoms with Gasteiger partial charge in [-0.1, -0.05) is 31.4 Å². The highest BCUT2D eigenvalue weighted by Crippen LogP contribution is 2.36. The van der Waals surface area contributed by atoms with Crippen LogP contribution in [0.4, 0.5) is 5.69 Å². The molecule has 1 saturated carbocycles. The number of benzene rings is 2. The SMILES string of the molecule is COC(=O)COc1c(Br)cc(C=Nn2c(C3CCCCC3)nc3ccccc3c2=O)cc1[N+](=O)[O-]. The second kappa shape index (κ2) is 10.8. The van der Waals surface area contributed by atoms with Gasteiger partial charge in [-0.3, -0.25) is 14.9 Å². The maximum atomic E-state index is 13.3. The molecule has 3 aromatic rings. The van der Waals surface area contributed by atoms with Gasteiger partial charge >= 0.3 is 11.7 Å². The molecule has 1 aromatic heterocycles. The van der Waals surface area contributed by atoms with Crippen LogP contribution in [0.1, 0.15) is 49.4 Å². The van der Waals surface area contributed by atoms with Gasteiger partial charge in [0.05, 0.1) is 33.6 Å². The topological polar surface area (TPSA) is 126 Å². The fourth-order valence-electron chi connectivity index (χ4n) is 4.14. The zero-order valence-corrected chi connectivity index (χ0v) is 20.6. The Morgan fingerprint density at radius 1 is 1.29 bits per heavy atom. The number of aromatic nitrogens is 2. The molecule has 35 heavy (non-hydrogen) atoms. The molecule has 11 heteroatoms. The zero-order chi connectivity index (χ0) is 24.9. The summed E-state index contributed by atoms with van der Waals surface area (Å²) >= 11 is 3.26. The third-order valence-corrected chi connectivity index (χ3v) is 6.47. The Morgan fingerprint density at radius 2 is 2.03 bits per heavy atom. The van der Waals surface area contributed by atoms with Crippen LogP contribution in [0.25, 0.3) is 10.9 Å². The summed E-state index contributed by atoms with van der Waals surface area (Å²) in [4.78, 5) is 40.5. The van der Waals surface area contributed by atoms with Crippen LogP contribution in [-0.2, 0) is 9.53 Å². The maximum Gasteiger partial charge on any atom is 0.343 e. The molecule has 0 atom stereocenters. The molecule has 4 rings (SSSR count). The Balaban J connectivity index is 1.76. The second-order valence-electron chi connectivity index (χ2n) is 8.16. The Hall–Kier alpha value is -3.60. The molecule has 1 aliphatic carbocycles. The number of esters is 1. The van der Waals surface area contributed by atoms with Crippen molar-refractivity contribution >= 4 is 44.7 Å². The molecule has 0 unspecified atom stereocenters. The van der Waals surface area contributed by atoms with Crippen molar-refractivity contribution in [1.82, 2.24) is 9.66 Å². The summed E-state index contributed by atoms with van der Waals surface area (Å²) in [5.41, 5.74) is 0.332. The summed E-state index contributed by atoms with van der Waals surface area (Å²) in [5.74, 6) is -0.0788. The van der Waals surface area contributed by atoms with Crippen LogP contribution >= 0.6 is 15.9 Å². The first kappa shape index (κ1) is 24.5. The van der Waals surface area contributed by atoms with Gasteiger partial charge in [0.2, 0.25) is 5.75 Å². The minimum Gasteiger partial charge on any atom is -0.474 e. The fourth-order valence-corrected chi connectivity index (χ4v) is 4.73. The average Bonchev–Trinajstić information content (AvgIpc) is 2.87. The van der Waals surface area contributed by atoms with Crippen molar-refractivity contribution in [3.8, 4) is 5.75 Å². The molecule has 1 aliphatic rings. The summed E-state index contributed by atoms with van der Waals surface area (Å²) < 4.78 is 11.4. The number of hydrogen-bond acceptors (Lipinski definition) is 8. The molecule has 0 N–H and O–H groups in total. The number of para-hydroxylation sites is 1. The molecule has 0 spiro atoms. The van der Waals surface area contributed by atoms with Crippen LogP contribution in [0, 0.1) is 10.1 Å². The summed E-state index contributed by atoms with van der Waals surface area (Å²) in [7, 11) is 1.19. The van der Waals surface area contributed by atoms with E-state index >= 15 is 0 Å². The van der Waals surface area contributed by atoms with Gasteiger partial charge in [0.15, 0.2) is 6.61 Å². The minimum atomic E-state index is -0.671. The van der Waals surface area contributed by atoms with E-state index in [-0.39, 0.29) is 27.4 Å². The molecule has 1 heterocycles. The van der Waals surface area contributed by atoms with Crippen molar-refractivity contribution in [2.75, 3.05) is 13.7 Å². The third kappa shape index (κ3) is 5.40. The number of nitro benzene ring substituents is 1. The van der Waals surface area contributed by atoms with Gasteiger partial charge in [-0.25, -0.2) is 9.78 Å². The first-order valence-electron chi connectivity index (χ1n) is 11.1. The molecular formula is C24H23BrN4O6. The van der Waals surface area contributed by atoms with E-state index in [9.17, 15) is 19.7 Å². The smallest absolute Gasteiger partial charge is 0.343 e. The number of methoxy groups -OCH3 is 1. The second-order valence-corrected chi connectivity index (χ2v) is 9.01. The van der Waals surface area contributed by atoms with Crippen molar-refractivity contribution < 1.29 is 19.2 Å². The van der Waals surface area contributed by atoms with Crippen molar-refractivity contribution in [2.45, 2.75) is 38.0 Å². The van der Waals surface area contributed by atoms with Crippen LogP contribution < -0.4 is 10.3 Å². The standard InChI is InChI=1S/C24H23BrN4O6/c1-34-21(30)14-35-22-18(25)11-15(12-20(22)29(32)33)13-26-28-23(16-7-3-2-4-8-16)27-19-10-6-5-9-17(19)24(28)31/h5-6,9-13,16H,2-4,7-8,14H2,1H3. The van der Waals surface area contributed by atoms with Crippen molar-refractivity contribution in [1.29, 1.82) is 0 Å². The monoisotopic (exact) mass is 542 g/mol. The Labute approximate surface area is 208 Å². The number of halogens is 1. The first-order valence-corrected chi connectivity index (χ1v) is 11.9. The number of ether oxygens (including phenoxy) is 2. The molecule has 182 valence electrons. The van der Waals surface area contributed by atoms with Crippen LogP contribution in [0.15, 0.2) is 50.8 Å². The molecule has 0 saturated heterocycles. The van der Waals surface area contributed by atoms with Crippen LogP contribution in [0.3, 0.4) is 0 Å². The molecule has 1 fully saturated rings. The number of nitro groups is 1. The molecular weight excluding hydrogens is 520 g/mol. The van der Waals surface area contributed by atoms with Gasteiger partial charge in [-0.15, -0.1) is 0 Å². The zero-order valence-electron chi connectivity index (χ0n) is 19.0. The lowest BCUT2D eigenvalue weighted by atomic mass is 9.88. The van der Waals surface area contributed by atoms with E-state index in [4.69, 9.17) is 9.72 Å². The van der Waals surface area contributed by atoms with Crippen LogP contribution in [0.2, 0.25) is 0 Å². The predicted octanol–water partition coefficient (Wildman–Crippen LogP) is 4.55. The van der Waals surface area contributed by atoms with Crippen molar-refractivity contribution in [3.63, 3.8) is 0 Å². The van der Waals surface area contributed by atoms with Gasteiger partial charge < -0.3 is 9.47 Å². The van der Waals surface area contributed by atoms with E-state index in [1.165, 1.54) is 24.1 Å². The van der Waals surface area contributed by atoms with E-state index in [0.717, 1.165) is 32.1 Å². The maximum absolute atomic E-state index is 13.3. The predicted molar refractivity (Wildman–Crippen MR) is 133 cm³/mol. The Morgan fingerprint density at radius 3 is 2.74 bits per heavy atom. The number of fused-ring (bicyclic) bond motifs is 1. The van der Waals surface area contributed by atoms with Crippen molar-refractivity contribution in [3.05, 3.63) is 72.7 Å². The Bertz CT molecular complexity index is 1360. The number of hydrogen-bond donors (Lipinski definition) is 0. The van der Waals surface area contributed by atoms with Gasteiger partial charge in [0.25, 0.3) is 5.56 Å². The van der Waals surface area contributed by atoms with E-state index < -0.39 is 17.5 Å². The Kier molecular flexibility index (Phi) is 7.54. The first-order chi connectivity index (χ1) is 16.9. The molecule has 0 radical (unpaired) electrons. The average molecular weight is 543 g/mol. The number of nitrogens with zero attached hydrogens (tertiary/aromatic N) is 4. The minimum absolute atomic E-state index is 0.105. The van der Waals surface area contributed by atoms with Crippen molar-refractivity contribution in [2.24, 2.45) is 5.10 Å². The molecule has 0 aliphatic heterocycles. The van der Waals surface area contributed by atoms with E-state index in [2.05, 4.69) is 25.8 Å². The summed E-state index contributed by atoms with van der Waals surface area (Å²) in [6, 6.07) is 9.95. The van der Waals surface area contributed by atoms with Gasteiger partial charge in [0, 0.05) is 17.5 Å². The van der Waals surface area contributed by atoms with Gasteiger partial charge in [-0.05, 0) is 47.0 Å². The lowest BCUT2D eigenvalue weighted by molar-refractivity contribution is -0.385. The molecule has 0 bridgehead atoms. The highest BCUT2D eigenvalue weighted by atomic mass is 79.9. The number of carbonyl (C=O) groups is 1. The van der Waals surface area contributed by atoms with Crippen LogP contribution in [-0.4, -0.2) is 40.5 Å². The normalized spacial score (nSPS) is 14.3. The third-order valence-electron chi connectivity index (χ3n) is 5.88. The molecule has 0 amide bonds. The highest BCUT2D eigenvalue weighted by molar-refractivity contribution is 9.10. The molecule has 2 aromatic carbocycles.